The average molecular weight is 521 g/mol. The van der Waals surface area contributed by atoms with Crippen LogP contribution >= 0.6 is 11.3 Å². The Morgan fingerprint density at radius 2 is 1.72 bits per heavy atom. The van der Waals surface area contributed by atoms with Gasteiger partial charge in [0.05, 0.1) is 27.7 Å². The first-order valence-electron chi connectivity index (χ1n) is 12.4. The highest BCUT2D eigenvalue weighted by molar-refractivity contribution is 7.89. The summed E-state index contributed by atoms with van der Waals surface area (Å²) in [5, 5.41) is 0. The minimum absolute atomic E-state index is 0.103. The Morgan fingerprint density at radius 1 is 0.972 bits per heavy atom. The van der Waals surface area contributed by atoms with Crippen molar-refractivity contribution in [3.63, 3.8) is 0 Å². The molecule has 6 rings (SSSR count). The van der Waals surface area contributed by atoms with Crippen LogP contribution < -0.4 is 14.3 Å². The van der Waals surface area contributed by atoms with Gasteiger partial charge in [-0.15, -0.1) is 0 Å². The van der Waals surface area contributed by atoms with Gasteiger partial charge in [-0.2, -0.15) is 0 Å². The third-order valence-electron chi connectivity index (χ3n) is 7.39. The molecule has 6 nitrogen and oxygen atoms in total. The number of rotatable bonds is 5. The third-order valence-corrected chi connectivity index (χ3v) is 9.80. The number of aromatic nitrogens is 1. The number of ether oxygens (including phenoxy) is 1. The average Bonchev–Trinajstić information content (AvgIpc) is 3.19. The van der Waals surface area contributed by atoms with Crippen LogP contribution in [0.5, 0.6) is 5.75 Å². The van der Waals surface area contributed by atoms with Crippen molar-refractivity contribution in [2.24, 2.45) is 0 Å². The van der Waals surface area contributed by atoms with Gasteiger partial charge in [-0.25, -0.2) is 13.1 Å². The zero-order valence-electron chi connectivity index (χ0n) is 19.9. The van der Waals surface area contributed by atoms with Crippen molar-refractivity contribution < 1.29 is 13.2 Å². The second-order valence-electron chi connectivity index (χ2n) is 9.83. The minimum atomic E-state index is -3.82. The number of benzene rings is 3. The predicted molar refractivity (Wildman–Crippen MR) is 142 cm³/mol. The topological polar surface area (TPSA) is 77.4 Å². The molecule has 1 aromatic heterocycles. The molecule has 0 bridgehead atoms. The summed E-state index contributed by atoms with van der Waals surface area (Å²) in [6, 6.07) is 22.1. The highest BCUT2D eigenvalue weighted by Gasteiger charge is 2.43. The molecule has 0 saturated heterocycles. The van der Waals surface area contributed by atoms with Crippen molar-refractivity contribution in [2.45, 2.75) is 61.6 Å². The fraction of sp³-hybridized carbons (Fsp3) is 0.321. The first-order valence-corrected chi connectivity index (χ1v) is 14.7. The summed E-state index contributed by atoms with van der Waals surface area (Å²) in [5.74, 6) is 0.769. The number of sulfonamides is 1. The second kappa shape index (κ2) is 9.18. The Balaban J connectivity index is 1.31. The van der Waals surface area contributed by atoms with E-state index in [9.17, 15) is 13.2 Å². The van der Waals surface area contributed by atoms with Gasteiger partial charge in [-0.05, 0) is 55.5 Å². The number of nitrogens with one attached hydrogen (secondary N) is 1. The van der Waals surface area contributed by atoms with Crippen LogP contribution in [0.25, 0.3) is 10.2 Å². The fourth-order valence-corrected chi connectivity index (χ4v) is 7.86. The van der Waals surface area contributed by atoms with Crippen LogP contribution in [0.4, 0.5) is 0 Å². The van der Waals surface area contributed by atoms with Crippen molar-refractivity contribution in [1.82, 2.24) is 9.29 Å². The molecule has 1 fully saturated rings. The third kappa shape index (κ3) is 4.38. The van der Waals surface area contributed by atoms with E-state index in [1.165, 1.54) is 6.42 Å². The first-order chi connectivity index (χ1) is 17.4. The molecule has 2 aliphatic rings. The lowest BCUT2D eigenvalue weighted by Gasteiger charge is -2.44. The van der Waals surface area contributed by atoms with Crippen molar-refractivity contribution in [2.75, 3.05) is 0 Å². The minimum Gasteiger partial charge on any atom is -0.487 e. The molecule has 1 aliphatic heterocycles. The Hall–Kier alpha value is -2.94. The highest BCUT2D eigenvalue weighted by Crippen LogP contribution is 2.46. The van der Waals surface area contributed by atoms with E-state index < -0.39 is 10.0 Å². The van der Waals surface area contributed by atoms with Crippen LogP contribution in [0.2, 0.25) is 0 Å². The van der Waals surface area contributed by atoms with Gasteiger partial charge in [0.1, 0.15) is 11.4 Å². The van der Waals surface area contributed by atoms with E-state index in [2.05, 4.69) is 4.72 Å². The Morgan fingerprint density at radius 3 is 2.53 bits per heavy atom. The maximum absolute atomic E-state index is 13.6. The maximum Gasteiger partial charge on any atom is 0.308 e. The lowest BCUT2D eigenvalue weighted by Crippen LogP contribution is -2.46. The zero-order valence-corrected chi connectivity index (χ0v) is 21.5. The summed E-state index contributed by atoms with van der Waals surface area (Å²) in [6.45, 7) is 0.449. The maximum atomic E-state index is 13.6. The van der Waals surface area contributed by atoms with Crippen LogP contribution in [0.3, 0.4) is 0 Å². The Labute approximate surface area is 214 Å². The summed E-state index contributed by atoms with van der Waals surface area (Å²) in [5.41, 5.74) is 2.31. The van der Waals surface area contributed by atoms with E-state index in [1.54, 1.807) is 22.8 Å². The molecule has 1 spiro atoms. The van der Waals surface area contributed by atoms with Gasteiger partial charge in [0.25, 0.3) is 0 Å². The van der Waals surface area contributed by atoms with Crippen molar-refractivity contribution >= 4 is 31.6 Å². The molecule has 2 heterocycles. The van der Waals surface area contributed by atoms with Gasteiger partial charge < -0.3 is 4.74 Å². The molecule has 8 heteroatoms. The van der Waals surface area contributed by atoms with Crippen molar-refractivity contribution in [1.29, 1.82) is 0 Å². The van der Waals surface area contributed by atoms with Gasteiger partial charge >= 0.3 is 4.87 Å². The zero-order chi connectivity index (χ0) is 24.8. The summed E-state index contributed by atoms with van der Waals surface area (Å²) in [7, 11) is -3.82. The quantitative estimate of drug-likeness (QED) is 0.371. The molecule has 4 aromatic rings. The second-order valence-corrected chi connectivity index (χ2v) is 12.5. The summed E-state index contributed by atoms with van der Waals surface area (Å²) >= 11 is 1.08. The van der Waals surface area contributed by atoms with E-state index in [0.29, 0.717) is 17.7 Å². The SMILES string of the molecule is O=c1sc2cc(S(=O)(=O)N[C@H]3CC4(CCCCC4)Oc4ccccc43)ccc2n1Cc1ccccc1. The molecule has 36 heavy (non-hydrogen) atoms. The standard InChI is InChI=1S/C28H28N2O4S2/c31-27-30(19-20-9-3-1-4-10-20)24-14-13-21(17-26(24)35-27)36(32,33)29-23-18-28(15-7-2-8-16-28)34-25-12-6-5-11-22(23)25/h1,3-6,9-14,17,23,29H,2,7-8,15-16,18-19H2/t23-/m0/s1. The van der Waals surface area contributed by atoms with Crippen LogP contribution in [0, 0.1) is 0 Å². The molecule has 1 atom stereocenters. The van der Waals surface area contributed by atoms with Crippen molar-refractivity contribution in [3.8, 4) is 5.75 Å². The molecule has 0 radical (unpaired) electrons. The molecule has 0 unspecified atom stereocenters. The highest BCUT2D eigenvalue weighted by atomic mass is 32.2. The molecule has 3 aromatic carbocycles. The van der Waals surface area contributed by atoms with Gasteiger partial charge in [0.15, 0.2) is 0 Å². The number of hydrogen-bond donors (Lipinski definition) is 1. The van der Waals surface area contributed by atoms with E-state index in [1.807, 2.05) is 54.6 Å². The largest absolute Gasteiger partial charge is 0.487 e. The number of nitrogens with zero attached hydrogens (tertiary/aromatic N) is 1. The lowest BCUT2D eigenvalue weighted by atomic mass is 9.77. The first kappa shape index (κ1) is 23.5. The van der Waals surface area contributed by atoms with Gasteiger partial charge in [0, 0.05) is 12.0 Å². The van der Waals surface area contributed by atoms with E-state index in [4.69, 9.17) is 4.74 Å². The molecular weight excluding hydrogens is 492 g/mol. The Kier molecular flexibility index (Phi) is 5.98. The number of hydrogen-bond acceptors (Lipinski definition) is 5. The number of fused-ring (bicyclic) bond motifs is 2. The molecule has 1 aliphatic carbocycles. The summed E-state index contributed by atoms with van der Waals surface area (Å²) < 4.78 is 38.9. The van der Waals surface area contributed by atoms with Gasteiger partial charge in [-0.1, -0.05) is 66.3 Å². The van der Waals surface area contributed by atoms with Crippen LogP contribution in [0.1, 0.15) is 55.7 Å². The molecule has 0 amide bonds. The summed E-state index contributed by atoms with van der Waals surface area (Å²) in [6.07, 6.45) is 5.87. The van der Waals surface area contributed by atoms with Gasteiger partial charge in [-0.3, -0.25) is 9.36 Å². The van der Waals surface area contributed by atoms with Crippen LogP contribution in [-0.4, -0.2) is 18.6 Å². The summed E-state index contributed by atoms with van der Waals surface area (Å²) in [4.78, 5) is 12.8. The lowest BCUT2D eigenvalue weighted by molar-refractivity contribution is 0.0000751. The normalized spacial score (nSPS) is 19.2. The van der Waals surface area contributed by atoms with Crippen molar-refractivity contribution in [3.05, 3.63) is 93.6 Å². The number of thiazole rings is 1. The van der Waals surface area contributed by atoms with Crippen LogP contribution in [0.15, 0.2) is 82.5 Å². The molecule has 1 saturated carbocycles. The smallest absolute Gasteiger partial charge is 0.308 e. The predicted octanol–water partition coefficient (Wildman–Crippen LogP) is 5.62. The van der Waals surface area contributed by atoms with Gasteiger partial charge in [0.2, 0.25) is 10.0 Å². The Bertz CT molecular complexity index is 1570. The molecule has 186 valence electrons. The fourth-order valence-electron chi connectivity index (χ4n) is 5.61. The number of para-hydroxylation sites is 1. The molecule has 1 N–H and O–H groups in total. The van der Waals surface area contributed by atoms with Crippen LogP contribution in [-0.2, 0) is 16.6 Å². The monoisotopic (exact) mass is 520 g/mol. The van der Waals surface area contributed by atoms with E-state index in [0.717, 1.165) is 59.4 Å². The molecular formula is C28H28N2O4S2. The van der Waals surface area contributed by atoms with E-state index in [-0.39, 0.29) is 21.4 Å². The van der Waals surface area contributed by atoms with E-state index >= 15 is 0 Å².